The maximum atomic E-state index is 5.62. The van der Waals surface area contributed by atoms with Gasteiger partial charge in [0.05, 0.1) is 6.10 Å². The topological polar surface area (TPSA) is 48.9 Å². The summed E-state index contributed by atoms with van der Waals surface area (Å²) < 4.78 is 5.62. The normalized spacial score (nSPS) is 19.8. The fraction of sp³-hybridized carbons (Fsp3) is 0.611. The van der Waals surface area contributed by atoms with Crippen molar-refractivity contribution in [3.63, 3.8) is 0 Å². The summed E-state index contributed by atoms with van der Waals surface area (Å²) in [5.74, 6) is 0.848. The van der Waals surface area contributed by atoms with Gasteiger partial charge in [0.1, 0.15) is 0 Å². The molecule has 0 saturated carbocycles. The average molecular weight is 318 g/mol. The molecule has 0 amide bonds. The number of aliphatic imine (C=N–C) groups is 1. The Hall–Kier alpha value is -1.59. The highest BCUT2D eigenvalue weighted by Gasteiger charge is 2.16. The van der Waals surface area contributed by atoms with Crippen LogP contribution in [0.2, 0.25) is 0 Å². The number of hydrogen-bond donors (Lipinski definition) is 2. The Balaban J connectivity index is 1.69. The predicted octanol–water partition coefficient (Wildman–Crippen LogP) is 1.85. The van der Waals surface area contributed by atoms with Crippen molar-refractivity contribution in [3.05, 3.63) is 35.9 Å². The van der Waals surface area contributed by atoms with Crippen LogP contribution in [0, 0.1) is 0 Å². The van der Waals surface area contributed by atoms with Gasteiger partial charge in [-0.25, -0.2) is 0 Å². The molecule has 0 aromatic heterocycles. The fourth-order valence-electron chi connectivity index (χ4n) is 2.66. The molecule has 2 atom stereocenters. The van der Waals surface area contributed by atoms with E-state index in [1.54, 1.807) is 0 Å². The number of benzene rings is 1. The molecule has 1 aromatic rings. The SMILES string of the molecule is CN=C(NCC1CCCO1)NCC(C)N(C)Cc1ccccc1. The second-order valence-electron chi connectivity index (χ2n) is 6.22. The summed E-state index contributed by atoms with van der Waals surface area (Å²) in [5.41, 5.74) is 1.34. The van der Waals surface area contributed by atoms with Gasteiger partial charge in [-0.2, -0.15) is 0 Å². The zero-order valence-corrected chi connectivity index (χ0v) is 14.6. The smallest absolute Gasteiger partial charge is 0.191 e. The molecule has 5 heteroatoms. The van der Waals surface area contributed by atoms with Gasteiger partial charge >= 0.3 is 0 Å². The van der Waals surface area contributed by atoms with E-state index in [0.29, 0.717) is 12.1 Å². The zero-order valence-electron chi connectivity index (χ0n) is 14.6. The van der Waals surface area contributed by atoms with Crippen LogP contribution in [0.4, 0.5) is 0 Å². The number of guanidine groups is 1. The Labute approximate surface area is 140 Å². The highest BCUT2D eigenvalue weighted by molar-refractivity contribution is 5.79. The standard InChI is InChI=1S/C18H30N4O/c1-15(22(3)14-16-8-5-4-6-9-16)12-20-18(19-2)21-13-17-10-7-11-23-17/h4-6,8-9,15,17H,7,10-14H2,1-3H3,(H2,19,20,21). The molecular formula is C18H30N4O. The van der Waals surface area contributed by atoms with Crippen molar-refractivity contribution in [1.82, 2.24) is 15.5 Å². The average Bonchev–Trinajstić information content (AvgIpc) is 3.09. The summed E-state index contributed by atoms with van der Waals surface area (Å²) in [5, 5.41) is 6.75. The molecule has 0 aliphatic carbocycles. The molecule has 1 aliphatic rings. The first-order valence-electron chi connectivity index (χ1n) is 8.49. The van der Waals surface area contributed by atoms with Crippen LogP contribution in [0.15, 0.2) is 35.3 Å². The molecule has 2 rings (SSSR count). The van der Waals surface area contributed by atoms with E-state index in [-0.39, 0.29) is 0 Å². The first-order valence-corrected chi connectivity index (χ1v) is 8.49. The molecule has 0 bridgehead atoms. The van der Waals surface area contributed by atoms with E-state index >= 15 is 0 Å². The number of nitrogens with one attached hydrogen (secondary N) is 2. The van der Waals surface area contributed by atoms with Crippen molar-refractivity contribution in [2.24, 2.45) is 4.99 Å². The van der Waals surface area contributed by atoms with Crippen molar-refractivity contribution in [2.75, 3.05) is 33.8 Å². The van der Waals surface area contributed by atoms with Crippen molar-refractivity contribution in [3.8, 4) is 0 Å². The highest BCUT2D eigenvalue weighted by atomic mass is 16.5. The van der Waals surface area contributed by atoms with Crippen molar-refractivity contribution in [1.29, 1.82) is 0 Å². The van der Waals surface area contributed by atoms with Crippen molar-refractivity contribution >= 4 is 5.96 Å². The lowest BCUT2D eigenvalue weighted by atomic mass is 10.2. The number of hydrogen-bond acceptors (Lipinski definition) is 3. The van der Waals surface area contributed by atoms with E-state index in [1.807, 2.05) is 7.05 Å². The summed E-state index contributed by atoms with van der Waals surface area (Å²) >= 11 is 0. The number of likely N-dealkylation sites (N-methyl/N-ethyl adjacent to an activating group) is 1. The Morgan fingerprint density at radius 1 is 1.35 bits per heavy atom. The minimum absolute atomic E-state index is 0.326. The Morgan fingerprint density at radius 3 is 2.78 bits per heavy atom. The lowest BCUT2D eigenvalue weighted by molar-refractivity contribution is 0.113. The molecule has 5 nitrogen and oxygen atoms in total. The summed E-state index contributed by atoms with van der Waals surface area (Å²) in [6, 6.07) is 11.0. The van der Waals surface area contributed by atoms with Crippen LogP contribution in [-0.4, -0.2) is 56.8 Å². The second-order valence-corrected chi connectivity index (χ2v) is 6.22. The van der Waals surface area contributed by atoms with Crippen molar-refractivity contribution in [2.45, 2.75) is 38.5 Å². The van der Waals surface area contributed by atoms with E-state index in [0.717, 1.165) is 38.6 Å². The van der Waals surface area contributed by atoms with Crippen molar-refractivity contribution < 1.29 is 4.74 Å². The van der Waals surface area contributed by atoms with E-state index in [9.17, 15) is 0 Å². The van der Waals surface area contributed by atoms with E-state index in [4.69, 9.17) is 4.74 Å². The largest absolute Gasteiger partial charge is 0.376 e. The summed E-state index contributed by atoms with van der Waals surface area (Å²) in [6.07, 6.45) is 2.63. The monoisotopic (exact) mass is 318 g/mol. The van der Waals surface area contributed by atoms with Gasteiger partial charge in [0.25, 0.3) is 0 Å². The molecule has 0 radical (unpaired) electrons. The highest BCUT2D eigenvalue weighted by Crippen LogP contribution is 2.10. The lowest BCUT2D eigenvalue weighted by Gasteiger charge is -2.26. The molecule has 0 spiro atoms. The quantitative estimate of drug-likeness (QED) is 0.595. The minimum Gasteiger partial charge on any atom is -0.376 e. The summed E-state index contributed by atoms with van der Waals surface area (Å²) in [4.78, 5) is 6.63. The van der Waals surface area contributed by atoms with Crippen LogP contribution in [0.5, 0.6) is 0 Å². The van der Waals surface area contributed by atoms with Gasteiger partial charge in [0, 0.05) is 39.3 Å². The third-order valence-electron chi connectivity index (χ3n) is 4.34. The van der Waals surface area contributed by atoms with Gasteiger partial charge < -0.3 is 15.4 Å². The van der Waals surface area contributed by atoms with Crippen LogP contribution in [0.1, 0.15) is 25.3 Å². The summed E-state index contributed by atoms with van der Waals surface area (Å²) in [6.45, 7) is 5.75. The Morgan fingerprint density at radius 2 is 2.13 bits per heavy atom. The molecular weight excluding hydrogens is 288 g/mol. The summed E-state index contributed by atoms with van der Waals surface area (Å²) in [7, 11) is 3.96. The third-order valence-corrected chi connectivity index (χ3v) is 4.34. The first kappa shape index (κ1) is 17.8. The molecule has 1 aliphatic heterocycles. The molecule has 1 saturated heterocycles. The molecule has 2 N–H and O–H groups in total. The second kappa shape index (κ2) is 9.53. The first-order chi connectivity index (χ1) is 11.2. The number of rotatable bonds is 7. The molecule has 2 unspecified atom stereocenters. The van der Waals surface area contributed by atoms with Gasteiger partial charge in [0.2, 0.25) is 0 Å². The predicted molar refractivity (Wildman–Crippen MR) is 95.7 cm³/mol. The number of ether oxygens (including phenoxy) is 1. The van der Waals surface area contributed by atoms with Crippen LogP contribution >= 0.6 is 0 Å². The maximum Gasteiger partial charge on any atom is 0.191 e. The Bertz CT molecular complexity index is 471. The fourth-order valence-corrected chi connectivity index (χ4v) is 2.66. The van der Waals surface area contributed by atoms with Gasteiger partial charge in [-0.1, -0.05) is 30.3 Å². The number of nitrogens with zero attached hydrogens (tertiary/aromatic N) is 2. The third kappa shape index (κ3) is 6.20. The van der Waals surface area contributed by atoms with E-state index in [2.05, 4.69) is 64.8 Å². The van der Waals surface area contributed by atoms with Crippen LogP contribution in [-0.2, 0) is 11.3 Å². The molecule has 1 aromatic carbocycles. The lowest BCUT2D eigenvalue weighted by Crippen LogP contribution is -2.46. The van der Waals surface area contributed by atoms with E-state index < -0.39 is 0 Å². The molecule has 23 heavy (non-hydrogen) atoms. The molecule has 128 valence electrons. The van der Waals surface area contributed by atoms with Crippen LogP contribution in [0.3, 0.4) is 0 Å². The van der Waals surface area contributed by atoms with Gasteiger partial charge in [-0.05, 0) is 32.4 Å². The molecule has 1 fully saturated rings. The Kier molecular flexibility index (Phi) is 7.36. The van der Waals surface area contributed by atoms with Gasteiger partial charge in [0.15, 0.2) is 5.96 Å². The van der Waals surface area contributed by atoms with Gasteiger partial charge in [-0.15, -0.1) is 0 Å². The van der Waals surface area contributed by atoms with Crippen LogP contribution in [0.25, 0.3) is 0 Å². The van der Waals surface area contributed by atoms with Gasteiger partial charge in [-0.3, -0.25) is 9.89 Å². The minimum atomic E-state index is 0.326. The van der Waals surface area contributed by atoms with Crippen LogP contribution < -0.4 is 10.6 Å². The van der Waals surface area contributed by atoms with E-state index in [1.165, 1.54) is 12.0 Å². The molecule has 1 heterocycles. The zero-order chi connectivity index (χ0) is 16.5. The maximum absolute atomic E-state index is 5.62.